The summed E-state index contributed by atoms with van der Waals surface area (Å²) in [6, 6.07) is 3.46. The van der Waals surface area contributed by atoms with Gasteiger partial charge in [0.2, 0.25) is 0 Å². The highest BCUT2D eigenvalue weighted by atomic mass is 16.7. The molecule has 1 saturated heterocycles. The average Bonchev–Trinajstić information content (AvgIpc) is 2.84. The van der Waals surface area contributed by atoms with Crippen LogP contribution in [0, 0.1) is 0 Å². The SMILES string of the molecule is CC(=O)OC[C@@H]1O[C@@H](c2c(OC(C)=O)cc3oc(=O)ccc3c2OC(C)=O)[C@H](OC(C)=O)[C@@H](OC(C)=O)[C@@H]1OC(C)=O. The second-order valence-corrected chi connectivity index (χ2v) is 9.09. The Morgan fingerprint density at radius 2 is 1.29 bits per heavy atom. The molecule has 0 amide bonds. The van der Waals surface area contributed by atoms with E-state index in [-0.39, 0.29) is 28.0 Å². The highest BCUT2D eigenvalue weighted by Gasteiger charge is 2.54. The van der Waals surface area contributed by atoms with Crippen LogP contribution in [0.2, 0.25) is 0 Å². The third-order valence-electron chi connectivity index (χ3n) is 5.65. The lowest BCUT2D eigenvalue weighted by molar-refractivity contribution is -0.254. The van der Waals surface area contributed by atoms with E-state index in [0.29, 0.717) is 0 Å². The third kappa shape index (κ3) is 7.69. The van der Waals surface area contributed by atoms with Crippen LogP contribution in [0.3, 0.4) is 0 Å². The maximum Gasteiger partial charge on any atom is 0.336 e. The van der Waals surface area contributed by atoms with Gasteiger partial charge in [-0.3, -0.25) is 28.8 Å². The van der Waals surface area contributed by atoms with E-state index in [1.807, 2.05) is 0 Å². The van der Waals surface area contributed by atoms with Gasteiger partial charge >= 0.3 is 41.4 Å². The van der Waals surface area contributed by atoms with E-state index in [4.69, 9.17) is 37.6 Å². The van der Waals surface area contributed by atoms with Crippen molar-refractivity contribution >= 4 is 46.8 Å². The number of rotatable bonds is 8. The summed E-state index contributed by atoms with van der Waals surface area (Å²) in [5, 5.41) is 0.0450. The third-order valence-corrected chi connectivity index (χ3v) is 5.65. The lowest BCUT2D eigenvalue weighted by Crippen LogP contribution is -2.59. The molecular formula is C27H28O15. The molecule has 0 saturated carbocycles. The first-order chi connectivity index (χ1) is 19.7. The minimum Gasteiger partial charge on any atom is -0.463 e. The second-order valence-electron chi connectivity index (χ2n) is 9.09. The van der Waals surface area contributed by atoms with Gasteiger partial charge in [0.25, 0.3) is 0 Å². The van der Waals surface area contributed by atoms with Crippen LogP contribution < -0.4 is 15.1 Å². The van der Waals surface area contributed by atoms with E-state index in [9.17, 15) is 33.6 Å². The first kappa shape index (κ1) is 31.7. The molecule has 1 aliphatic heterocycles. The van der Waals surface area contributed by atoms with E-state index in [1.54, 1.807) is 0 Å². The molecule has 0 spiro atoms. The van der Waals surface area contributed by atoms with Crippen molar-refractivity contribution in [3.63, 3.8) is 0 Å². The minimum absolute atomic E-state index is 0.0450. The van der Waals surface area contributed by atoms with Crippen LogP contribution in [0.15, 0.2) is 27.4 Å². The Morgan fingerprint density at radius 1 is 0.714 bits per heavy atom. The number of fused-ring (bicyclic) bond motifs is 1. The maximum atomic E-state index is 12.3. The summed E-state index contributed by atoms with van der Waals surface area (Å²) >= 11 is 0. The summed E-state index contributed by atoms with van der Waals surface area (Å²) in [4.78, 5) is 84.6. The minimum atomic E-state index is -1.62. The Bertz CT molecular complexity index is 1470. The van der Waals surface area contributed by atoms with Crippen molar-refractivity contribution in [1.29, 1.82) is 0 Å². The predicted molar refractivity (Wildman–Crippen MR) is 136 cm³/mol. The number of esters is 6. The Labute approximate surface area is 237 Å². The van der Waals surface area contributed by atoms with Crippen LogP contribution in [0.1, 0.15) is 53.2 Å². The Kier molecular flexibility index (Phi) is 10.0. The van der Waals surface area contributed by atoms with Gasteiger partial charge in [0.15, 0.2) is 24.1 Å². The van der Waals surface area contributed by atoms with Crippen LogP contribution in [-0.4, -0.2) is 66.8 Å². The molecule has 0 aliphatic carbocycles. The Morgan fingerprint density at radius 3 is 1.83 bits per heavy atom. The topological polar surface area (TPSA) is 197 Å². The molecule has 15 heteroatoms. The largest absolute Gasteiger partial charge is 0.463 e. The molecular weight excluding hydrogens is 564 g/mol. The van der Waals surface area contributed by atoms with Crippen LogP contribution in [0.4, 0.5) is 0 Å². The predicted octanol–water partition coefficient (Wildman–Crippen LogP) is 1.44. The van der Waals surface area contributed by atoms with Crippen molar-refractivity contribution in [3.05, 3.63) is 34.2 Å². The van der Waals surface area contributed by atoms with Gasteiger partial charge in [-0.2, -0.15) is 0 Å². The fraction of sp³-hybridized carbons (Fsp3) is 0.444. The van der Waals surface area contributed by atoms with E-state index in [2.05, 4.69) is 0 Å². The fourth-order valence-corrected chi connectivity index (χ4v) is 4.40. The molecule has 5 atom stereocenters. The molecule has 1 aromatic heterocycles. The molecule has 0 bridgehead atoms. The maximum absolute atomic E-state index is 12.3. The smallest absolute Gasteiger partial charge is 0.336 e. The average molecular weight is 593 g/mol. The van der Waals surface area contributed by atoms with E-state index < -0.39 is 78.6 Å². The number of carbonyl (C=O) groups excluding carboxylic acids is 6. The second kappa shape index (κ2) is 13.2. The van der Waals surface area contributed by atoms with Crippen molar-refractivity contribution in [1.82, 2.24) is 0 Å². The molecule has 2 aromatic rings. The van der Waals surface area contributed by atoms with Gasteiger partial charge in [-0.1, -0.05) is 0 Å². The molecule has 1 aromatic carbocycles. The van der Waals surface area contributed by atoms with Crippen LogP contribution >= 0.6 is 0 Å². The number of carbonyl (C=O) groups is 6. The van der Waals surface area contributed by atoms with Crippen molar-refractivity contribution < 1.29 is 66.3 Å². The molecule has 226 valence electrons. The number of hydrogen-bond donors (Lipinski definition) is 0. The first-order valence-electron chi connectivity index (χ1n) is 12.5. The summed E-state index contributed by atoms with van der Waals surface area (Å²) in [5.74, 6) is -5.70. The monoisotopic (exact) mass is 592 g/mol. The zero-order chi connectivity index (χ0) is 31.3. The Hall–Kier alpha value is -4.79. The van der Waals surface area contributed by atoms with Crippen LogP contribution in [-0.2, 0) is 52.5 Å². The van der Waals surface area contributed by atoms with E-state index in [1.165, 1.54) is 6.07 Å². The summed E-state index contributed by atoms with van der Waals surface area (Å²) in [7, 11) is 0. The normalized spacial score (nSPS) is 21.5. The van der Waals surface area contributed by atoms with Gasteiger partial charge in [-0.15, -0.1) is 0 Å². The molecule has 0 N–H and O–H groups in total. The molecule has 15 nitrogen and oxygen atoms in total. The zero-order valence-corrected chi connectivity index (χ0v) is 23.4. The van der Waals surface area contributed by atoms with E-state index in [0.717, 1.165) is 53.7 Å². The highest BCUT2D eigenvalue weighted by molar-refractivity contribution is 5.91. The standard InChI is InChI=1S/C27H28O15/c1-11(28)35-10-20-24(38-14(4)31)26(39-15(5)32)27(40-16(6)33)25(42-20)22-19(36-12(2)29)9-18-17(7-8-21(34)41-18)23(22)37-13(3)30/h7-9,20,24-27H,10H2,1-6H3/t20-,24+,25-,26-,27-/m0/s1. The molecule has 0 unspecified atom stereocenters. The van der Waals surface area contributed by atoms with Gasteiger partial charge in [0.1, 0.15) is 30.1 Å². The highest BCUT2D eigenvalue weighted by Crippen LogP contribution is 2.48. The fourth-order valence-electron chi connectivity index (χ4n) is 4.40. The molecule has 2 heterocycles. The summed E-state index contributed by atoms with van der Waals surface area (Å²) < 4.78 is 43.7. The first-order valence-corrected chi connectivity index (χ1v) is 12.5. The van der Waals surface area contributed by atoms with Gasteiger partial charge in [0, 0.05) is 53.7 Å². The molecule has 0 radical (unpaired) electrons. The number of hydrogen-bond acceptors (Lipinski definition) is 15. The van der Waals surface area contributed by atoms with E-state index >= 15 is 0 Å². The van der Waals surface area contributed by atoms with Crippen LogP contribution in [0.5, 0.6) is 11.5 Å². The molecule has 1 fully saturated rings. The molecule has 1 aliphatic rings. The van der Waals surface area contributed by atoms with Gasteiger partial charge < -0.3 is 37.6 Å². The summed E-state index contributed by atoms with van der Waals surface area (Å²) in [5.41, 5.74) is -1.13. The van der Waals surface area contributed by atoms with Crippen molar-refractivity contribution in [2.45, 2.75) is 72.1 Å². The van der Waals surface area contributed by atoms with Crippen LogP contribution in [0.25, 0.3) is 11.0 Å². The molecule has 42 heavy (non-hydrogen) atoms. The van der Waals surface area contributed by atoms with Crippen molar-refractivity contribution in [2.75, 3.05) is 6.61 Å². The van der Waals surface area contributed by atoms with Crippen molar-refractivity contribution in [3.8, 4) is 11.5 Å². The Balaban J connectivity index is 2.40. The quantitative estimate of drug-likeness (QED) is 0.184. The lowest BCUT2D eigenvalue weighted by atomic mass is 9.88. The summed E-state index contributed by atoms with van der Waals surface area (Å²) in [6.07, 6.45) is -7.63. The van der Waals surface area contributed by atoms with Gasteiger partial charge in [0.05, 0.1) is 10.9 Å². The van der Waals surface area contributed by atoms with Gasteiger partial charge in [-0.25, -0.2) is 4.79 Å². The number of benzene rings is 1. The van der Waals surface area contributed by atoms with Crippen molar-refractivity contribution in [2.24, 2.45) is 0 Å². The molecule has 3 rings (SSSR count). The number of ether oxygens (including phenoxy) is 7. The van der Waals surface area contributed by atoms with Gasteiger partial charge in [-0.05, 0) is 6.07 Å². The lowest BCUT2D eigenvalue weighted by Gasteiger charge is -2.45. The summed E-state index contributed by atoms with van der Waals surface area (Å²) in [6.45, 7) is 5.86. The zero-order valence-electron chi connectivity index (χ0n) is 23.4.